The van der Waals surface area contributed by atoms with E-state index in [0.29, 0.717) is 51.4 Å². The van der Waals surface area contributed by atoms with Crippen LogP contribution in [0.5, 0.6) is 0 Å². The quantitative estimate of drug-likeness (QED) is 0.113. The van der Waals surface area contributed by atoms with Crippen LogP contribution in [-0.4, -0.2) is 257 Å². The zero-order valence-corrected chi connectivity index (χ0v) is 62.8. The van der Waals surface area contributed by atoms with Crippen LogP contribution in [0.25, 0.3) is 0 Å². The van der Waals surface area contributed by atoms with Crippen LogP contribution in [0.1, 0.15) is 195 Å². The Bertz CT molecular complexity index is 3030. The molecule has 4 N–H and O–H groups in total. The molecule has 3 heterocycles. The van der Waals surface area contributed by atoms with Gasteiger partial charge in [-0.15, -0.1) is 11.6 Å². The van der Waals surface area contributed by atoms with Gasteiger partial charge in [0.25, 0.3) is 0 Å². The fourth-order valence-electron chi connectivity index (χ4n) is 16.8. The molecule has 7 fully saturated rings. The first-order valence-corrected chi connectivity index (χ1v) is 37.9. The van der Waals surface area contributed by atoms with Gasteiger partial charge in [-0.2, -0.15) is 26.3 Å². The molecule has 0 radical (unpaired) electrons. The number of likely N-dealkylation sites (N-methyl/N-ethyl adjacent to an activating group) is 5. The molecule has 12 atom stereocenters. The Morgan fingerprint density at radius 3 is 1.82 bits per heavy atom. The van der Waals surface area contributed by atoms with E-state index < -0.39 is 198 Å². The van der Waals surface area contributed by atoms with Crippen LogP contribution < -0.4 is 21.3 Å². The number of rotatable bonds is 13. The lowest BCUT2D eigenvalue weighted by Crippen LogP contribution is -2.65. The molecule has 103 heavy (non-hydrogen) atoms. The minimum Gasteiger partial charge on any atom is -0.347 e. The average Bonchev–Trinajstić information content (AvgIpc) is 1.54. The Morgan fingerprint density at radius 2 is 1.25 bits per heavy atom. The molecule has 31 heteroatoms. The number of carbonyl (C=O) groups excluding carboxylic acids is 12. The predicted molar refractivity (Wildman–Crippen MR) is 370 cm³/mol. The largest absolute Gasteiger partial charge is 0.393 e. The highest BCUT2D eigenvalue weighted by molar-refractivity contribution is 6.21. The van der Waals surface area contributed by atoms with Crippen LogP contribution in [0.2, 0.25) is 0 Å². The summed E-state index contributed by atoms with van der Waals surface area (Å²) in [4.78, 5) is 189. The number of halogens is 7. The van der Waals surface area contributed by atoms with Crippen molar-refractivity contribution in [3.63, 3.8) is 0 Å². The summed E-state index contributed by atoms with van der Waals surface area (Å²) in [6.07, 6.45) is -5.39. The molecule has 0 aromatic heterocycles. The number of nitrogens with one attached hydrogen (secondary N) is 4. The molecular weight excluding hydrogens is 1370 g/mol. The van der Waals surface area contributed by atoms with E-state index in [1.54, 1.807) is 20.8 Å². The summed E-state index contributed by atoms with van der Waals surface area (Å²) in [7, 11) is 8.39. The lowest BCUT2D eigenvalue weighted by molar-refractivity contribution is -0.184. The number of nitrogens with zero attached hydrogens (tertiary/aromatic N) is 8. The molecule has 24 nitrogen and oxygen atoms in total. The third kappa shape index (κ3) is 20.8. The van der Waals surface area contributed by atoms with E-state index in [1.165, 1.54) is 71.7 Å². The second-order valence-corrected chi connectivity index (χ2v) is 31.8. The van der Waals surface area contributed by atoms with Crippen molar-refractivity contribution in [1.82, 2.24) is 60.5 Å². The first-order valence-electron chi connectivity index (χ1n) is 37.5. The van der Waals surface area contributed by atoms with E-state index in [0.717, 1.165) is 9.80 Å². The van der Waals surface area contributed by atoms with Crippen molar-refractivity contribution in [2.45, 2.75) is 267 Å². The van der Waals surface area contributed by atoms with E-state index in [2.05, 4.69) is 21.3 Å². The number of hydrogen-bond acceptors (Lipinski definition) is 12. The molecule has 12 amide bonds. The number of fused-ring (bicyclic) bond motifs is 2. The molecule has 3 saturated heterocycles. The number of alkyl halides is 7. The van der Waals surface area contributed by atoms with Gasteiger partial charge in [0.05, 0.1) is 31.3 Å². The van der Waals surface area contributed by atoms with Gasteiger partial charge < -0.3 is 60.5 Å². The molecular formula is C72H113ClF6N12O12. The lowest BCUT2D eigenvalue weighted by Gasteiger charge is -2.45. The monoisotopic (exact) mass is 1490 g/mol. The first-order chi connectivity index (χ1) is 48.3. The van der Waals surface area contributed by atoms with Gasteiger partial charge in [0.1, 0.15) is 53.9 Å². The fraction of sp³-hybridized carbons (Fsp3) is 0.833. The summed E-state index contributed by atoms with van der Waals surface area (Å²) in [5, 5.41) is 10.2. The summed E-state index contributed by atoms with van der Waals surface area (Å²) in [6, 6.07) is -10.4. The van der Waals surface area contributed by atoms with Crippen LogP contribution in [0, 0.1) is 41.4 Å². The zero-order chi connectivity index (χ0) is 76.3. The number of carbonyl (C=O) groups is 12. The Kier molecular flexibility index (Phi) is 29.4. The van der Waals surface area contributed by atoms with Crippen molar-refractivity contribution in [2.75, 3.05) is 75.0 Å². The van der Waals surface area contributed by atoms with Crippen molar-refractivity contribution < 1.29 is 83.9 Å². The Morgan fingerprint density at radius 1 is 0.621 bits per heavy atom. The molecule has 0 bridgehead atoms. The van der Waals surface area contributed by atoms with Crippen LogP contribution in [-0.2, 0) is 57.5 Å². The average molecular weight is 1490 g/mol. The second-order valence-electron chi connectivity index (χ2n) is 31.3. The zero-order valence-electron chi connectivity index (χ0n) is 62.1. The van der Waals surface area contributed by atoms with Gasteiger partial charge in [0.2, 0.25) is 70.9 Å². The van der Waals surface area contributed by atoms with Crippen LogP contribution in [0.3, 0.4) is 0 Å². The van der Waals surface area contributed by atoms with Crippen molar-refractivity contribution in [2.24, 2.45) is 41.4 Å². The molecule has 7 aliphatic rings. The van der Waals surface area contributed by atoms with E-state index in [-0.39, 0.29) is 128 Å². The number of hydrogen-bond donors (Lipinski definition) is 4. The van der Waals surface area contributed by atoms with Crippen molar-refractivity contribution in [1.29, 1.82) is 0 Å². The maximum atomic E-state index is 15.5. The van der Waals surface area contributed by atoms with Gasteiger partial charge in [0, 0.05) is 67.3 Å². The maximum absolute atomic E-state index is 15.5. The van der Waals surface area contributed by atoms with Gasteiger partial charge in [0.15, 0.2) is 0 Å². The Balaban J connectivity index is 1.28. The van der Waals surface area contributed by atoms with Crippen molar-refractivity contribution >= 4 is 82.5 Å². The maximum Gasteiger partial charge on any atom is 0.393 e. The van der Waals surface area contributed by atoms with Crippen LogP contribution >= 0.6 is 11.6 Å². The van der Waals surface area contributed by atoms with E-state index >= 15 is 28.8 Å². The third-order valence-electron chi connectivity index (χ3n) is 23.2. The molecule has 4 aliphatic carbocycles. The first kappa shape index (κ1) is 83.8. The Hall–Kier alpha value is -6.49. The summed E-state index contributed by atoms with van der Waals surface area (Å²) < 4.78 is 84.3. The summed E-state index contributed by atoms with van der Waals surface area (Å²) in [5.41, 5.74) is -1.60. The molecule has 582 valence electrons. The Labute approximate surface area is 607 Å². The summed E-state index contributed by atoms with van der Waals surface area (Å²) >= 11 is 6.39. The smallest absolute Gasteiger partial charge is 0.347 e. The molecule has 1 spiro atoms. The van der Waals surface area contributed by atoms with Gasteiger partial charge in [-0.3, -0.25) is 57.5 Å². The standard InChI is InChI=1S/C72H113ClF6N12O12/c1-12-33-90-55(38-45-22-26-47(27-23-45)71(74,75)76)66(100)85(8)40-56(92)80-50(29-25-44-24-28-48(49(73)37-44)72(77,78)79)65(99)91-34-18-21-52(91)62(96)83-70(31-16-17-32-70)69(103)88(11)60(46-19-14-15-20-46)63(97)81-51(64(98)84(6)7)39-57(93)87(10)54(36-42(3)4)61(95)82-59(43(5)13-2)68(102)86(9)41-58(94)89-35-30-53(89)67(90)101/h42-55,59-60H,12-41H2,1-11H3,(H,80,92)(H,81,97)(H,82,95)(H,83,96)/t43-,44?,45?,47?,48?,49?,50-,51-,52-,53-,54-,55-,59-,60-/m0/s1. The summed E-state index contributed by atoms with van der Waals surface area (Å²) in [5.74, 6) is -14.0. The van der Waals surface area contributed by atoms with Crippen molar-refractivity contribution in [3.8, 4) is 0 Å². The SMILES string of the molecule is CCCN1C(=O)[C@@H]2CCN2C(=O)CN(C)C(=O)[C@H]([C@@H](C)CC)NC(=O)[C@H](CC(C)C)N(C)C(=O)C[C@@H](C(=O)N(C)C)NC(=O)[C@H](C2CCCC2)N(C)C(=O)C2(CCCC2)NC(=O)[C@@H]2CCCN2C(=O)[C@H](CCC2CCC(C(F)(F)F)C(Cl)C2)NC(=O)CN(C)C(=O)[C@@H]1CC1CCC(C(F)(F)F)CC1. The molecule has 3 aliphatic heterocycles. The summed E-state index contributed by atoms with van der Waals surface area (Å²) in [6.45, 7) is 7.63. The van der Waals surface area contributed by atoms with E-state index in [9.17, 15) is 55.1 Å². The van der Waals surface area contributed by atoms with Crippen molar-refractivity contribution in [3.05, 3.63) is 0 Å². The third-order valence-corrected chi connectivity index (χ3v) is 23.7. The van der Waals surface area contributed by atoms with Crippen LogP contribution in [0.15, 0.2) is 0 Å². The topological polar surface area (TPSA) is 279 Å². The second kappa shape index (κ2) is 36.2. The highest BCUT2D eigenvalue weighted by Gasteiger charge is 2.53. The fourth-order valence-corrected chi connectivity index (χ4v) is 17.3. The van der Waals surface area contributed by atoms with Crippen LogP contribution in [0.4, 0.5) is 26.3 Å². The molecule has 0 aromatic carbocycles. The molecule has 3 unspecified atom stereocenters. The van der Waals surface area contributed by atoms with Gasteiger partial charge in [-0.1, -0.05) is 66.7 Å². The predicted octanol–water partition coefficient (Wildman–Crippen LogP) is 6.54. The molecule has 4 saturated carbocycles. The molecule has 0 aromatic rings. The van der Waals surface area contributed by atoms with Gasteiger partial charge in [-0.25, -0.2) is 0 Å². The highest BCUT2D eigenvalue weighted by Crippen LogP contribution is 2.45. The lowest BCUT2D eigenvalue weighted by atomic mass is 9.78. The van der Waals surface area contributed by atoms with E-state index in [4.69, 9.17) is 11.6 Å². The number of amides is 12. The van der Waals surface area contributed by atoms with Gasteiger partial charge in [-0.05, 0) is 152 Å². The molecule has 7 rings (SSSR count). The van der Waals surface area contributed by atoms with E-state index in [1.807, 2.05) is 13.8 Å². The minimum atomic E-state index is -4.55. The normalized spacial score (nSPS) is 31.0. The highest BCUT2D eigenvalue weighted by atomic mass is 35.5. The minimum absolute atomic E-state index is 0.00894. The van der Waals surface area contributed by atoms with Gasteiger partial charge >= 0.3 is 12.4 Å².